The number of fused-ring (bicyclic) bond motifs is 1. The minimum Gasteiger partial charge on any atom is -0.301 e. The lowest BCUT2D eigenvalue weighted by Crippen LogP contribution is -1.89. The van der Waals surface area contributed by atoms with Gasteiger partial charge in [0.1, 0.15) is 11.5 Å². The van der Waals surface area contributed by atoms with Crippen molar-refractivity contribution in [3.63, 3.8) is 0 Å². The lowest BCUT2D eigenvalue weighted by atomic mass is 10.1. The average Bonchev–Trinajstić information content (AvgIpc) is 2.67. The van der Waals surface area contributed by atoms with Crippen molar-refractivity contribution < 1.29 is 4.39 Å². The summed E-state index contributed by atoms with van der Waals surface area (Å²) < 4.78 is 16.0. The maximum absolute atomic E-state index is 13.2. The van der Waals surface area contributed by atoms with Gasteiger partial charge < -0.3 is 4.40 Å². The molecule has 0 saturated carbocycles. The van der Waals surface area contributed by atoms with Gasteiger partial charge in [-0.15, -0.1) is 0 Å². The molecular weight excluding hydrogens is 295 g/mol. The molecule has 0 atom stereocenters. The van der Waals surface area contributed by atoms with Gasteiger partial charge in [0.25, 0.3) is 0 Å². The zero-order chi connectivity index (χ0) is 12.7. The van der Waals surface area contributed by atoms with Crippen molar-refractivity contribution in [2.75, 3.05) is 0 Å². The van der Waals surface area contributed by atoms with Crippen LogP contribution in [-0.4, -0.2) is 9.38 Å². The lowest BCUT2D eigenvalue weighted by Gasteiger charge is -2.00. The van der Waals surface area contributed by atoms with Crippen LogP contribution in [0.25, 0.3) is 16.9 Å². The molecule has 0 fully saturated rings. The highest BCUT2D eigenvalue weighted by Crippen LogP contribution is 2.26. The van der Waals surface area contributed by atoms with Gasteiger partial charge in [-0.05, 0) is 31.2 Å². The third kappa shape index (κ3) is 1.82. The van der Waals surface area contributed by atoms with Crippen LogP contribution in [0.15, 0.2) is 47.1 Å². The number of hydrogen-bond donors (Lipinski definition) is 0. The van der Waals surface area contributed by atoms with E-state index in [0.29, 0.717) is 0 Å². The molecule has 0 bridgehead atoms. The van der Waals surface area contributed by atoms with Gasteiger partial charge in [0.2, 0.25) is 0 Å². The summed E-state index contributed by atoms with van der Waals surface area (Å²) in [6.07, 6.45) is 1.46. The molecule has 0 radical (unpaired) electrons. The first-order chi connectivity index (χ1) is 8.65. The summed E-state index contributed by atoms with van der Waals surface area (Å²) in [5.41, 5.74) is 3.58. The maximum atomic E-state index is 13.2. The average molecular weight is 305 g/mol. The molecule has 0 amide bonds. The second-order valence-corrected chi connectivity index (χ2v) is 5.05. The zero-order valence-corrected chi connectivity index (χ0v) is 11.3. The molecule has 18 heavy (non-hydrogen) atoms. The normalized spacial score (nSPS) is 11.1. The maximum Gasteiger partial charge on any atom is 0.139 e. The molecule has 0 saturated heterocycles. The topological polar surface area (TPSA) is 17.3 Å². The standard InChI is InChI=1S/C14H10BrFN2/c1-9-14(10-3-2-4-11(15)7-10)17-13-6-5-12(16)8-18(9)13/h2-8H,1H3. The summed E-state index contributed by atoms with van der Waals surface area (Å²) in [7, 11) is 0. The van der Waals surface area contributed by atoms with Crippen LogP contribution in [0.1, 0.15) is 5.69 Å². The van der Waals surface area contributed by atoms with Gasteiger partial charge in [-0.1, -0.05) is 28.1 Å². The highest BCUT2D eigenvalue weighted by atomic mass is 79.9. The quantitative estimate of drug-likeness (QED) is 0.658. The number of hydrogen-bond acceptors (Lipinski definition) is 1. The van der Waals surface area contributed by atoms with Crippen LogP contribution in [0, 0.1) is 12.7 Å². The molecule has 0 unspecified atom stereocenters. The summed E-state index contributed by atoms with van der Waals surface area (Å²) in [6, 6.07) is 11.0. The summed E-state index contributed by atoms with van der Waals surface area (Å²) in [6.45, 7) is 1.94. The number of aryl methyl sites for hydroxylation is 1. The second-order valence-electron chi connectivity index (χ2n) is 4.13. The lowest BCUT2D eigenvalue weighted by molar-refractivity contribution is 0.618. The largest absolute Gasteiger partial charge is 0.301 e. The number of benzene rings is 1. The smallest absolute Gasteiger partial charge is 0.139 e. The summed E-state index contributed by atoms with van der Waals surface area (Å²) in [5, 5.41) is 0. The Morgan fingerprint density at radius 2 is 2.06 bits per heavy atom. The van der Waals surface area contributed by atoms with Crippen molar-refractivity contribution in [2.24, 2.45) is 0 Å². The Morgan fingerprint density at radius 1 is 1.22 bits per heavy atom. The molecule has 90 valence electrons. The van der Waals surface area contributed by atoms with Gasteiger partial charge in [0.05, 0.1) is 5.69 Å². The van der Waals surface area contributed by atoms with E-state index in [1.165, 1.54) is 12.3 Å². The summed E-state index contributed by atoms with van der Waals surface area (Å²) in [4.78, 5) is 4.54. The van der Waals surface area contributed by atoms with Crippen molar-refractivity contribution in [1.82, 2.24) is 9.38 Å². The Labute approximate surface area is 112 Å². The van der Waals surface area contributed by atoms with Crippen LogP contribution < -0.4 is 0 Å². The number of nitrogens with zero attached hydrogens (tertiary/aromatic N) is 2. The number of imidazole rings is 1. The molecular formula is C14H10BrFN2. The van der Waals surface area contributed by atoms with Gasteiger partial charge >= 0.3 is 0 Å². The fourth-order valence-electron chi connectivity index (χ4n) is 2.05. The fourth-order valence-corrected chi connectivity index (χ4v) is 2.44. The molecule has 4 heteroatoms. The predicted molar refractivity (Wildman–Crippen MR) is 73.0 cm³/mol. The van der Waals surface area contributed by atoms with E-state index >= 15 is 0 Å². The number of rotatable bonds is 1. The van der Waals surface area contributed by atoms with Gasteiger partial charge in [-0.2, -0.15) is 0 Å². The minimum absolute atomic E-state index is 0.260. The van der Waals surface area contributed by atoms with E-state index in [0.717, 1.165) is 27.1 Å². The first-order valence-corrected chi connectivity index (χ1v) is 6.34. The Kier molecular flexibility index (Phi) is 2.67. The Balaban J connectivity index is 2.27. The van der Waals surface area contributed by atoms with Gasteiger partial charge in [0.15, 0.2) is 0 Å². The van der Waals surface area contributed by atoms with Crippen LogP contribution in [-0.2, 0) is 0 Å². The molecule has 0 N–H and O–H groups in total. The molecule has 2 aromatic heterocycles. The highest BCUT2D eigenvalue weighted by molar-refractivity contribution is 9.10. The Bertz CT molecular complexity index is 734. The monoisotopic (exact) mass is 304 g/mol. The molecule has 0 spiro atoms. The van der Waals surface area contributed by atoms with Crippen molar-refractivity contribution >= 4 is 21.6 Å². The first kappa shape index (κ1) is 11.4. The van der Waals surface area contributed by atoms with E-state index < -0.39 is 0 Å². The predicted octanol–water partition coefficient (Wildman–Crippen LogP) is 4.21. The van der Waals surface area contributed by atoms with Crippen LogP contribution in [0.4, 0.5) is 4.39 Å². The van der Waals surface area contributed by atoms with E-state index in [2.05, 4.69) is 20.9 Å². The van der Waals surface area contributed by atoms with Crippen LogP contribution >= 0.6 is 15.9 Å². The summed E-state index contributed by atoms with van der Waals surface area (Å²) in [5.74, 6) is -0.260. The van der Waals surface area contributed by atoms with Crippen LogP contribution in [0.2, 0.25) is 0 Å². The second kappa shape index (κ2) is 4.21. The molecule has 2 nitrogen and oxygen atoms in total. The van der Waals surface area contributed by atoms with Gasteiger partial charge in [-0.25, -0.2) is 9.37 Å². The van der Waals surface area contributed by atoms with E-state index in [-0.39, 0.29) is 5.82 Å². The molecule has 0 aliphatic rings. The number of halogens is 2. The molecule has 2 heterocycles. The highest BCUT2D eigenvalue weighted by Gasteiger charge is 2.10. The molecule has 0 aliphatic heterocycles. The van der Waals surface area contributed by atoms with E-state index in [4.69, 9.17) is 0 Å². The van der Waals surface area contributed by atoms with Crippen LogP contribution in [0.5, 0.6) is 0 Å². The minimum atomic E-state index is -0.260. The van der Waals surface area contributed by atoms with Gasteiger partial charge in [-0.3, -0.25) is 0 Å². The SMILES string of the molecule is Cc1c(-c2cccc(Br)c2)nc2ccc(F)cn12. The Hall–Kier alpha value is -1.68. The molecule has 0 aliphatic carbocycles. The third-order valence-corrected chi connectivity index (χ3v) is 3.41. The van der Waals surface area contributed by atoms with E-state index in [1.54, 1.807) is 10.5 Å². The molecule has 3 rings (SSSR count). The zero-order valence-electron chi connectivity index (χ0n) is 9.69. The van der Waals surface area contributed by atoms with Crippen molar-refractivity contribution in [3.8, 4) is 11.3 Å². The first-order valence-electron chi connectivity index (χ1n) is 5.55. The summed E-state index contributed by atoms with van der Waals surface area (Å²) >= 11 is 3.44. The van der Waals surface area contributed by atoms with Crippen molar-refractivity contribution in [3.05, 3.63) is 58.6 Å². The van der Waals surface area contributed by atoms with E-state index in [1.807, 2.05) is 31.2 Å². The fraction of sp³-hybridized carbons (Fsp3) is 0.0714. The molecule has 1 aromatic carbocycles. The third-order valence-electron chi connectivity index (χ3n) is 2.92. The Morgan fingerprint density at radius 3 is 2.83 bits per heavy atom. The number of aromatic nitrogens is 2. The van der Waals surface area contributed by atoms with Crippen LogP contribution in [0.3, 0.4) is 0 Å². The number of pyridine rings is 1. The molecule has 3 aromatic rings. The van der Waals surface area contributed by atoms with Gasteiger partial charge in [0, 0.05) is 21.9 Å². The van der Waals surface area contributed by atoms with Crippen molar-refractivity contribution in [1.29, 1.82) is 0 Å². The van der Waals surface area contributed by atoms with E-state index in [9.17, 15) is 4.39 Å². The van der Waals surface area contributed by atoms with Crippen molar-refractivity contribution in [2.45, 2.75) is 6.92 Å².